The zero-order valence-electron chi connectivity index (χ0n) is 29.6. The molecule has 4 aromatic rings. The van der Waals surface area contributed by atoms with Crippen LogP contribution in [-0.4, -0.2) is 61.7 Å². The van der Waals surface area contributed by atoms with Crippen LogP contribution in [-0.2, 0) is 33.9 Å². The number of piperazine rings is 1. The van der Waals surface area contributed by atoms with Crippen molar-refractivity contribution in [2.75, 3.05) is 49.6 Å². The molecular weight excluding hydrogens is 689 g/mol. The van der Waals surface area contributed by atoms with Gasteiger partial charge in [-0.1, -0.05) is 43.3 Å². The Labute approximate surface area is 298 Å². The Hall–Kier alpha value is -4.49. The number of nitrogens with zero attached hydrogens (tertiary/aromatic N) is 4. The number of carbonyl (C=O) groups is 1. The minimum Gasteiger partial charge on any atom is -0.375 e. The van der Waals surface area contributed by atoms with Crippen LogP contribution in [0, 0.1) is 12.7 Å². The second-order valence-electron chi connectivity index (χ2n) is 13.5. The first-order valence-corrected chi connectivity index (χ1v) is 16.9. The van der Waals surface area contributed by atoms with Gasteiger partial charge in [-0.25, -0.2) is 9.37 Å². The third-order valence-electron chi connectivity index (χ3n) is 9.59. The number of ether oxygens (including phenoxy) is 1. The Balaban J connectivity index is 1.54. The average molecular weight is 731 g/mol. The minimum absolute atomic E-state index is 0.0339. The summed E-state index contributed by atoms with van der Waals surface area (Å²) in [4.78, 5) is 24.5. The van der Waals surface area contributed by atoms with Gasteiger partial charge >= 0.3 is 12.4 Å². The molecule has 13 heteroatoms. The highest BCUT2D eigenvalue weighted by molar-refractivity contribution is 6.03. The first kappa shape index (κ1) is 38.7. The summed E-state index contributed by atoms with van der Waals surface area (Å²) in [5.41, 5.74) is -2.46. The van der Waals surface area contributed by atoms with Crippen LogP contribution in [0.25, 0.3) is 11.1 Å². The number of benzene rings is 3. The molecule has 6 nitrogen and oxygen atoms in total. The predicted molar refractivity (Wildman–Crippen MR) is 187 cm³/mol. The van der Waals surface area contributed by atoms with Crippen molar-refractivity contribution < 1.29 is 40.3 Å². The van der Waals surface area contributed by atoms with Gasteiger partial charge in [0, 0.05) is 32.2 Å². The number of rotatable bonds is 10. The largest absolute Gasteiger partial charge is 0.416 e. The van der Waals surface area contributed by atoms with Gasteiger partial charge in [-0.2, -0.15) is 26.3 Å². The van der Waals surface area contributed by atoms with E-state index < -0.39 is 46.2 Å². The number of carbonyl (C=O) groups excluding carboxylic acids is 1. The van der Waals surface area contributed by atoms with E-state index in [4.69, 9.17) is 9.72 Å². The maximum Gasteiger partial charge on any atom is 0.416 e. The maximum absolute atomic E-state index is 14.3. The van der Waals surface area contributed by atoms with E-state index in [0.717, 1.165) is 18.7 Å². The topological polar surface area (TPSA) is 48.9 Å². The molecule has 1 saturated heterocycles. The van der Waals surface area contributed by atoms with Gasteiger partial charge in [0.1, 0.15) is 11.6 Å². The summed E-state index contributed by atoms with van der Waals surface area (Å²) < 4.78 is 103. The molecule has 2 heterocycles. The number of hydrogen-bond donors (Lipinski definition) is 0. The van der Waals surface area contributed by atoms with Crippen molar-refractivity contribution in [3.05, 3.63) is 113 Å². The van der Waals surface area contributed by atoms with Crippen LogP contribution in [0.5, 0.6) is 0 Å². The number of pyridine rings is 1. The molecule has 0 spiro atoms. The van der Waals surface area contributed by atoms with Crippen molar-refractivity contribution >= 4 is 17.4 Å². The normalized spacial score (nSPS) is 15.9. The summed E-state index contributed by atoms with van der Waals surface area (Å²) in [5.74, 6) is -0.683. The fourth-order valence-corrected chi connectivity index (χ4v) is 6.51. The van der Waals surface area contributed by atoms with Crippen LogP contribution in [0.2, 0.25) is 0 Å². The van der Waals surface area contributed by atoms with E-state index in [1.807, 2.05) is 30.3 Å². The lowest BCUT2D eigenvalue weighted by molar-refractivity contribution is -0.143. The Bertz CT molecular complexity index is 1850. The lowest BCUT2D eigenvalue weighted by Crippen LogP contribution is -2.55. The summed E-state index contributed by atoms with van der Waals surface area (Å²) in [6.07, 6.45) is -8.70. The van der Waals surface area contributed by atoms with E-state index in [1.54, 1.807) is 19.1 Å². The third kappa shape index (κ3) is 8.58. The lowest BCUT2D eigenvalue weighted by atomic mass is 9.81. The van der Waals surface area contributed by atoms with E-state index >= 15 is 0 Å². The monoisotopic (exact) mass is 730 g/mol. The molecule has 278 valence electrons. The SMILES string of the molecule is CCN1CCN(c2cc(-c3ccc(F)cc3C)c(N(C)C(=O)C(C)(C)c3cc(C(F)(F)F)cc(C(F)(F)F)c3)cn2)[C@H](COCc2ccccc2)C1. The van der Waals surface area contributed by atoms with Crippen LogP contribution in [0.15, 0.2) is 79.0 Å². The molecule has 1 aromatic heterocycles. The molecule has 0 saturated carbocycles. The van der Waals surface area contributed by atoms with E-state index in [1.165, 1.54) is 44.1 Å². The van der Waals surface area contributed by atoms with Crippen molar-refractivity contribution in [2.45, 2.75) is 58.1 Å². The number of hydrogen-bond acceptors (Lipinski definition) is 5. The van der Waals surface area contributed by atoms with E-state index in [2.05, 4.69) is 16.7 Å². The molecule has 0 radical (unpaired) electrons. The van der Waals surface area contributed by atoms with Gasteiger partial charge in [-0.15, -0.1) is 0 Å². The number of aryl methyl sites for hydroxylation is 1. The van der Waals surface area contributed by atoms with E-state index in [-0.39, 0.29) is 17.8 Å². The van der Waals surface area contributed by atoms with Gasteiger partial charge < -0.3 is 14.5 Å². The molecule has 1 amide bonds. The van der Waals surface area contributed by atoms with Crippen molar-refractivity contribution in [3.8, 4) is 11.1 Å². The smallest absolute Gasteiger partial charge is 0.375 e. The third-order valence-corrected chi connectivity index (χ3v) is 9.59. The molecule has 1 aliphatic rings. The fraction of sp³-hybridized carbons (Fsp3) is 0.385. The maximum atomic E-state index is 14.3. The minimum atomic E-state index is -5.08. The summed E-state index contributed by atoms with van der Waals surface area (Å²) in [5, 5.41) is 0. The van der Waals surface area contributed by atoms with Gasteiger partial charge in [0.25, 0.3) is 0 Å². The van der Waals surface area contributed by atoms with E-state index in [9.17, 15) is 35.5 Å². The Morgan fingerprint density at radius 3 is 2.12 bits per heavy atom. The molecule has 0 unspecified atom stereocenters. The van der Waals surface area contributed by atoms with Crippen LogP contribution in [0.1, 0.15) is 48.6 Å². The molecule has 5 rings (SSSR count). The highest BCUT2D eigenvalue weighted by Crippen LogP contribution is 2.41. The van der Waals surface area contributed by atoms with Crippen LogP contribution in [0.4, 0.5) is 42.2 Å². The summed E-state index contributed by atoms with van der Waals surface area (Å²) in [6, 6.07) is 16.8. The zero-order valence-corrected chi connectivity index (χ0v) is 29.6. The zero-order chi connectivity index (χ0) is 38.0. The molecule has 52 heavy (non-hydrogen) atoms. The standard InChI is InChI=1S/C39H41F7N4O2/c1-6-49-14-15-50(31(22-49)24-52-23-26-10-8-7-9-11-26)35-20-33(32-13-12-30(40)16-25(32)2)34(21-47-35)48(5)36(51)37(3,4)27-17-28(38(41,42)43)19-29(18-27)39(44,45)46/h7-13,16-21,31H,6,14-15,22-24H2,1-5H3/t31-/m0/s1. The number of anilines is 2. The second kappa shape index (κ2) is 15.2. The first-order chi connectivity index (χ1) is 24.4. The molecular formula is C39H41F7N4O2. The molecule has 1 aliphatic heterocycles. The fourth-order valence-electron chi connectivity index (χ4n) is 6.51. The molecule has 0 bridgehead atoms. The van der Waals surface area contributed by atoms with Gasteiger partial charge in [0.05, 0.1) is 47.7 Å². The van der Waals surface area contributed by atoms with Crippen molar-refractivity contribution in [1.82, 2.24) is 9.88 Å². The summed E-state index contributed by atoms with van der Waals surface area (Å²) in [7, 11) is 1.39. The average Bonchev–Trinajstić information content (AvgIpc) is 3.10. The lowest BCUT2D eigenvalue weighted by Gasteiger charge is -2.42. The van der Waals surface area contributed by atoms with Crippen LogP contribution < -0.4 is 9.80 Å². The number of aromatic nitrogens is 1. The van der Waals surface area contributed by atoms with Gasteiger partial charge in [-0.05, 0) is 86.0 Å². The number of amides is 1. The number of halogens is 7. The van der Waals surface area contributed by atoms with Crippen molar-refractivity contribution in [1.29, 1.82) is 0 Å². The Morgan fingerprint density at radius 2 is 1.52 bits per heavy atom. The van der Waals surface area contributed by atoms with Gasteiger partial charge in [0.15, 0.2) is 0 Å². The Morgan fingerprint density at radius 1 is 0.885 bits per heavy atom. The van der Waals surface area contributed by atoms with Crippen LogP contribution in [0.3, 0.4) is 0 Å². The summed E-state index contributed by atoms with van der Waals surface area (Å²) in [6.45, 7) is 10.1. The van der Waals surface area contributed by atoms with Gasteiger partial charge in [0.2, 0.25) is 5.91 Å². The highest BCUT2D eigenvalue weighted by Gasteiger charge is 2.41. The van der Waals surface area contributed by atoms with Crippen LogP contribution >= 0.6 is 0 Å². The second-order valence-corrected chi connectivity index (χ2v) is 13.5. The predicted octanol–water partition coefficient (Wildman–Crippen LogP) is 8.90. The molecule has 1 fully saturated rings. The highest BCUT2D eigenvalue weighted by atomic mass is 19.4. The Kier molecular flexibility index (Phi) is 11.4. The van der Waals surface area contributed by atoms with Gasteiger partial charge in [-0.3, -0.25) is 9.69 Å². The van der Waals surface area contributed by atoms with E-state index in [0.29, 0.717) is 60.9 Å². The number of alkyl halides is 6. The molecule has 3 aromatic carbocycles. The van der Waals surface area contributed by atoms with Crippen molar-refractivity contribution in [2.24, 2.45) is 0 Å². The molecule has 0 N–H and O–H groups in total. The van der Waals surface area contributed by atoms with Crippen molar-refractivity contribution in [3.63, 3.8) is 0 Å². The molecule has 0 aliphatic carbocycles. The summed E-state index contributed by atoms with van der Waals surface area (Å²) >= 11 is 0. The first-order valence-electron chi connectivity index (χ1n) is 16.9. The quantitative estimate of drug-likeness (QED) is 0.153. The molecule has 1 atom stereocenters. The number of likely N-dealkylation sites (N-methyl/N-ethyl adjacent to an activating group) is 2.